The summed E-state index contributed by atoms with van der Waals surface area (Å²) < 4.78 is 79.4. The van der Waals surface area contributed by atoms with Crippen molar-refractivity contribution in [2.24, 2.45) is 19.2 Å². The Morgan fingerprint density at radius 1 is 0.656 bits per heavy atom. The molecule has 0 atom stereocenters. The number of halogens is 2. The Labute approximate surface area is 358 Å². The van der Waals surface area contributed by atoms with Crippen LogP contribution in [0.4, 0.5) is 8.78 Å². The summed E-state index contributed by atoms with van der Waals surface area (Å²) in [6.45, 7) is 21.5. The second-order valence-corrected chi connectivity index (χ2v) is 20.3. The van der Waals surface area contributed by atoms with Crippen molar-refractivity contribution in [2.45, 2.75) is 141 Å². The van der Waals surface area contributed by atoms with E-state index >= 15 is 0 Å². The molecule has 0 aliphatic rings. The Bertz CT molecular complexity index is 2370. The van der Waals surface area contributed by atoms with Gasteiger partial charge in [-0.25, -0.2) is 27.1 Å². The number of carbonyl (C=O) groups is 2. The van der Waals surface area contributed by atoms with Crippen LogP contribution in [-0.4, -0.2) is 63.6 Å². The lowest BCUT2D eigenvalue weighted by Crippen LogP contribution is -2.32. The van der Waals surface area contributed by atoms with Gasteiger partial charge in [0.15, 0.2) is 10.1 Å². The Morgan fingerprint density at radius 2 is 0.967 bits per heavy atom. The van der Waals surface area contributed by atoms with Crippen molar-refractivity contribution < 1.29 is 50.5 Å². The van der Waals surface area contributed by atoms with Gasteiger partial charge in [0.1, 0.15) is 22.8 Å². The average molecular weight is 897 g/mol. The maximum Gasteiger partial charge on any atom is 0.307 e. The van der Waals surface area contributed by atoms with E-state index in [9.17, 15) is 45.4 Å². The van der Waals surface area contributed by atoms with Crippen LogP contribution in [0.25, 0.3) is 0 Å². The predicted octanol–water partition coefficient (Wildman–Crippen LogP) is 6.08. The number of aromatic nitrogens is 4. The van der Waals surface area contributed by atoms with Gasteiger partial charge in [0, 0.05) is 26.2 Å². The number of benzene rings is 2. The van der Waals surface area contributed by atoms with E-state index in [2.05, 4.69) is 10.2 Å². The first-order chi connectivity index (χ1) is 27.6. The van der Waals surface area contributed by atoms with Gasteiger partial charge in [-0.2, -0.15) is 18.6 Å². The van der Waals surface area contributed by atoms with E-state index in [1.807, 2.05) is 60.1 Å². The summed E-state index contributed by atoms with van der Waals surface area (Å²) in [7, 11) is -4.99. The SMILES string of the molecule is CC(C)c1cc(F)cc(C(C)C)c1CC(=O)NS(=O)(=O)c1cc(C(C)(C)O)n(C)n1.CC(C)c1cc(F)cc(C(C)C)c1CC(=O)O.Cn1nc(S(N)(=O)=O)cc1C(C)(C)O. The van der Waals surface area contributed by atoms with Gasteiger partial charge in [0.05, 0.1) is 24.2 Å². The number of nitrogens with two attached hydrogens (primary N) is 1. The molecule has 0 radical (unpaired) electrons. The molecule has 61 heavy (non-hydrogen) atoms. The minimum atomic E-state index is -4.23. The standard InChI is InChI=1S/C21H30FN3O4S.C14H19FO2.C7H13N3O3S/c1-12(2)15-8-14(22)9-16(13(3)4)17(15)10-19(26)24-30(28,29)20-11-18(21(5,6)27)25(7)23-20;1-8(2)11-5-10(15)6-12(9(3)4)13(11)7-14(16)17;1-7(2,11)5-4-6(9-10(5)3)14(8,12)13/h8-9,11-13,27H,10H2,1-7H3,(H,24,26);5-6,8-9H,7H2,1-4H3,(H,16,17);4,11H,1-3H3,(H2,8,12,13). The van der Waals surface area contributed by atoms with Crippen molar-refractivity contribution in [3.63, 3.8) is 0 Å². The summed E-state index contributed by atoms with van der Waals surface area (Å²) >= 11 is 0. The molecule has 0 spiro atoms. The number of aliphatic carboxylic acids is 1. The van der Waals surface area contributed by atoms with Crippen LogP contribution in [0.1, 0.15) is 152 Å². The van der Waals surface area contributed by atoms with Gasteiger partial charge in [-0.05, 0) is 109 Å². The molecule has 19 heteroatoms. The van der Waals surface area contributed by atoms with E-state index in [4.69, 9.17) is 10.2 Å². The number of carboxylic acids is 1. The number of carbonyl (C=O) groups excluding carboxylic acids is 1. The lowest BCUT2D eigenvalue weighted by atomic mass is 9.87. The number of hydrogen-bond acceptors (Lipinski definition) is 10. The molecule has 4 aromatic rings. The molecule has 6 N–H and O–H groups in total. The monoisotopic (exact) mass is 896 g/mol. The van der Waals surface area contributed by atoms with Gasteiger partial charge < -0.3 is 15.3 Å². The lowest BCUT2D eigenvalue weighted by Gasteiger charge is -2.19. The van der Waals surface area contributed by atoms with Crippen LogP contribution >= 0.6 is 0 Å². The third-order valence-electron chi connectivity index (χ3n) is 9.50. The summed E-state index contributed by atoms with van der Waals surface area (Å²) in [6, 6.07) is 8.18. The van der Waals surface area contributed by atoms with E-state index in [-0.39, 0.29) is 63.9 Å². The number of rotatable bonds is 13. The first kappa shape index (κ1) is 52.6. The molecule has 2 aromatic carbocycles. The van der Waals surface area contributed by atoms with Crippen molar-refractivity contribution in [3.05, 3.63) is 92.8 Å². The molecule has 0 aliphatic carbocycles. The average Bonchev–Trinajstić information content (AvgIpc) is 3.69. The fourth-order valence-corrected chi connectivity index (χ4v) is 8.16. The minimum absolute atomic E-state index is 0.0391. The zero-order chi connectivity index (χ0) is 47.3. The highest BCUT2D eigenvalue weighted by Gasteiger charge is 2.29. The van der Waals surface area contributed by atoms with E-state index < -0.39 is 43.1 Å². The van der Waals surface area contributed by atoms with E-state index in [1.54, 1.807) is 7.05 Å². The third kappa shape index (κ3) is 14.5. The highest BCUT2D eigenvalue weighted by molar-refractivity contribution is 7.90. The Kier molecular flexibility index (Phi) is 17.3. The van der Waals surface area contributed by atoms with E-state index in [1.165, 1.54) is 80.5 Å². The zero-order valence-corrected chi connectivity index (χ0v) is 39.1. The van der Waals surface area contributed by atoms with Crippen molar-refractivity contribution in [3.8, 4) is 0 Å². The number of primary sulfonamides is 1. The second kappa shape index (κ2) is 20.1. The highest BCUT2D eigenvalue weighted by Crippen LogP contribution is 2.31. The van der Waals surface area contributed by atoms with Crippen LogP contribution in [0, 0.1) is 11.6 Å². The van der Waals surface area contributed by atoms with Gasteiger partial charge in [-0.1, -0.05) is 55.4 Å². The number of amides is 1. The van der Waals surface area contributed by atoms with E-state index in [0.717, 1.165) is 16.7 Å². The van der Waals surface area contributed by atoms with Crippen molar-refractivity contribution in [1.82, 2.24) is 24.3 Å². The quantitative estimate of drug-likeness (QED) is 0.103. The molecular formula is C42H62F2N6O9S2. The summed E-state index contributed by atoms with van der Waals surface area (Å²) in [4.78, 5) is 23.6. The van der Waals surface area contributed by atoms with Crippen LogP contribution in [0.3, 0.4) is 0 Å². The van der Waals surface area contributed by atoms with Crippen molar-refractivity contribution >= 4 is 31.9 Å². The van der Waals surface area contributed by atoms with Gasteiger partial charge >= 0.3 is 5.97 Å². The first-order valence-electron chi connectivity index (χ1n) is 19.6. The predicted molar refractivity (Wildman–Crippen MR) is 228 cm³/mol. The molecular weight excluding hydrogens is 835 g/mol. The molecule has 2 heterocycles. The lowest BCUT2D eigenvalue weighted by molar-refractivity contribution is -0.136. The molecule has 15 nitrogen and oxygen atoms in total. The maximum atomic E-state index is 14.1. The van der Waals surface area contributed by atoms with Crippen LogP contribution in [0.2, 0.25) is 0 Å². The molecule has 4 rings (SSSR count). The Balaban J connectivity index is 0.000000348. The smallest absolute Gasteiger partial charge is 0.307 e. The third-order valence-corrected chi connectivity index (χ3v) is 11.5. The van der Waals surface area contributed by atoms with Gasteiger partial charge in [0.25, 0.3) is 20.0 Å². The summed E-state index contributed by atoms with van der Waals surface area (Å²) in [5.74, 6) is -2.11. The van der Waals surface area contributed by atoms with Crippen LogP contribution in [-0.2, 0) is 67.8 Å². The van der Waals surface area contributed by atoms with Crippen molar-refractivity contribution in [2.75, 3.05) is 0 Å². The number of nitrogens with zero attached hydrogens (tertiary/aromatic N) is 4. The summed E-state index contributed by atoms with van der Waals surface area (Å²) in [5.41, 5.74) is 2.58. The maximum absolute atomic E-state index is 14.1. The van der Waals surface area contributed by atoms with Crippen LogP contribution < -0.4 is 9.86 Å². The molecule has 2 aromatic heterocycles. The van der Waals surface area contributed by atoms with Crippen LogP contribution in [0.5, 0.6) is 0 Å². The number of aryl methyl sites for hydroxylation is 2. The fraction of sp³-hybridized carbons (Fsp3) is 0.524. The topological polar surface area (TPSA) is 237 Å². The number of aliphatic hydroxyl groups is 2. The molecule has 0 aliphatic heterocycles. The normalized spacial score (nSPS) is 12.4. The Morgan fingerprint density at radius 3 is 1.23 bits per heavy atom. The summed E-state index contributed by atoms with van der Waals surface area (Å²) in [6.07, 6.45) is -0.243. The van der Waals surface area contributed by atoms with Crippen molar-refractivity contribution in [1.29, 1.82) is 0 Å². The largest absolute Gasteiger partial charge is 0.481 e. The number of carboxylic acid groups (broad SMARTS) is 1. The molecule has 0 saturated heterocycles. The fourth-order valence-electron chi connectivity index (χ4n) is 6.68. The summed E-state index contributed by atoms with van der Waals surface area (Å²) in [5, 5.41) is 40.7. The molecule has 0 saturated carbocycles. The second-order valence-electron chi connectivity index (χ2n) is 17.2. The van der Waals surface area contributed by atoms with Gasteiger partial charge in [-0.3, -0.25) is 19.0 Å². The number of hydrogen-bond donors (Lipinski definition) is 5. The first-order valence-corrected chi connectivity index (χ1v) is 22.6. The van der Waals surface area contributed by atoms with Crippen LogP contribution in [0.15, 0.2) is 46.5 Å². The molecule has 340 valence electrons. The zero-order valence-electron chi connectivity index (χ0n) is 37.4. The van der Waals surface area contributed by atoms with E-state index in [0.29, 0.717) is 22.4 Å². The minimum Gasteiger partial charge on any atom is -0.481 e. The molecule has 0 bridgehead atoms. The number of sulfonamides is 2. The molecule has 0 unspecified atom stereocenters. The number of nitrogens with one attached hydrogen (secondary N) is 1. The highest BCUT2D eigenvalue weighted by atomic mass is 32.2. The molecule has 1 amide bonds. The Hall–Kier alpha value is -4.56. The molecule has 0 fully saturated rings. The van der Waals surface area contributed by atoms with Gasteiger partial charge in [0.2, 0.25) is 5.91 Å². The van der Waals surface area contributed by atoms with Gasteiger partial charge in [-0.15, -0.1) is 0 Å².